The summed E-state index contributed by atoms with van der Waals surface area (Å²) in [4.78, 5) is 14.6. The quantitative estimate of drug-likeness (QED) is 0.692. The van der Waals surface area contributed by atoms with Crippen LogP contribution >= 0.6 is 0 Å². The van der Waals surface area contributed by atoms with Crippen LogP contribution in [0.25, 0.3) is 0 Å². The first kappa shape index (κ1) is 18.3. The second kappa shape index (κ2) is 6.22. The molecule has 4 aliphatic rings. The zero-order valence-corrected chi connectivity index (χ0v) is 17.0. The predicted molar refractivity (Wildman–Crippen MR) is 105 cm³/mol. The summed E-state index contributed by atoms with van der Waals surface area (Å²) in [7, 11) is 2.22. The number of likely N-dealkylation sites (tertiary alicyclic amines) is 1. The second-order valence-electron chi connectivity index (χ2n) is 9.93. The van der Waals surface area contributed by atoms with E-state index in [1.807, 2.05) is 12.2 Å². The number of rotatable bonds is 3. The Bertz CT molecular complexity index is 640. The first-order valence-corrected chi connectivity index (χ1v) is 10.5. The Hall–Kier alpha value is -1.09. The predicted octanol–water partition coefficient (Wildman–Crippen LogP) is 4.59. The van der Waals surface area contributed by atoms with Crippen molar-refractivity contribution in [3.8, 4) is 0 Å². The molecule has 0 bridgehead atoms. The number of carbonyl (C=O) groups excluding carboxylic acids is 1. The number of nitrogens with zero attached hydrogens (tertiary/aromatic N) is 1. The molecule has 0 unspecified atom stereocenters. The Morgan fingerprint density at radius 3 is 2.85 bits per heavy atom. The molecule has 0 aromatic heterocycles. The second-order valence-corrected chi connectivity index (χ2v) is 9.93. The van der Waals surface area contributed by atoms with Crippen LogP contribution in [0.4, 0.5) is 0 Å². The molecule has 0 amide bonds. The maximum atomic E-state index is 12.1. The van der Waals surface area contributed by atoms with Crippen LogP contribution in [0.15, 0.2) is 24.4 Å². The average Bonchev–Trinajstić information content (AvgIpc) is 2.95. The van der Waals surface area contributed by atoms with Crippen molar-refractivity contribution >= 4 is 5.78 Å². The van der Waals surface area contributed by atoms with Gasteiger partial charge in [0.1, 0.15) is 0 Å². The molecule has 7 atom stereocenters. The van der Waals surface area contributed by atoms with Gasteiger partial charge in [0, 0.05) is 36.7 Å². The maximum absolute atomic E-state index is 12.1. The Kier molecular flexibility index (Phi) is 4.38. The summed E-state index contributed by atoms with van der Waals surface area (Å²) in [6.07, 6.45) is 11.0. The lowest BCUT2D eigenvalue weighted by atomic mass is 9.49. The molecule has 4 rings (SSSR count). The minimum absolute atomic E-state index is 0.168. The van der Waals surface area contributed by atoms with E-state index in [9.17, 15) is 4.79 Å². The van der Waals surface area contributed by atoms with Crippen molar-refractivity contribution in [2.45, 2.75) is 71.4 Å². The molecular formula is C23H35NO2. The summed E-state index contributed by atoms with van der Waals surface area (Å²) >= 11 is 0. The van der Waals surface area contributed by atoms with E-state index in [4.69, 9.17) is 4.74 Å². The van der Waals surface area contributed by atoms with Crippen molar-refractivity contribution in [2.75, 3.05) is 13.7 Å². The zero-order chi connectivity index (χ0) is 18.7. The largest absolute Gasteiger partial charge is 0.374 e. The zero-order valence-electron chi connectivity index (χ0n) is 17.0. The van der Waals surface area contributed by atoms with Gasteiger partial charge in [0.2, 0.25) is 0 Å². The molecule has 0 aromatic rings. The molecule has 2 saturated carbocycles. The highest BCUT2D eigenvalue weighted by molar-refractivity contribution is 5.91. The lowest BCUT2D eigenvalue weighted by Crippen LogP contribution is -2.60. The lowest BCUT2D eigenvalue weighted by molar-refractivity contribution is -0.121. The standard InChI is InChI=1S/C23H35NO2/c1-6-11-26-17-13-19-21-15(2)24(5)20-12-16(25)7-10-23(20,4)18(21)8-9-22(19,3)14-17/h6,12,15,17-19,21H,1,7-11,13-14H2,2-5H3/t15-,17+,18+,19+,21-,22-,23-/m1/s1. The molecule has 1 saturated heterocycles. The van der Waals surface area contributed by atoms with Crippen LogP contribution in [0.5, 0.6) is 0 Å². The fourth-order valence-electron chi connectivity index (χ4n) is 7.19. The monoisotopic (exact) mass is 357 g/mol. The molecule has 0 N–H and O–H groups in total. The van der Waals surface area contributed by atoms with Gasteiger partial charge in [-0.15, -0.1) is 6.58 Å². The SMILES string of the molecule is C=CCO[C@H]1C[C@H]2[C@@H]3[C@@H](C)N(C)C4=CC(=O)CC[C@]4(C)[C@H]3CC[C@]2(C)C1. The number of allylic oxidation sites excluding steroid dienone is 2. The van der Waals surface area contributed by atoms with Crippen molar-refractivity contribution in [1.29, 1.82) is 0 Å². The van der Waals surface area contributed by atoms with E-state index in [1.54, 1.807) is 0 Å². The number of ketones is 1. The van der Waals surface area contributed by atoms with Crippen molar-refractivity contribution < 1.29 is 9.53 Å². The van der Waals surface area contributed by atoms with Crippen LogP contribution in [-0.4, -0.2) is 36.5 Å². The Morgan fingerprint density at radius 1 is 1.35 bits per heavy atom. The number of hydrogen-bond acceptors (Lipinski definition) is 3. The summed E-state index contributed by atoms with van der Waals surface area (Å²) in [5.41, 5.74) is 1.88. The van der Waals surface area contributed by atoms with Gasteiger partial charge in [-0.2, -0.15) is 0 Å². The van der Waals surface area contributed by atoms with Gasteiger partial charge in [-0.05, 0) is 62.2 Å². The van der Waals surface area contributed by atoms with Gasteiger partial charge in [0.25, 0.3) is 0 Å². The number of fused-ring (bicyclic) bond motifs is 5. The third kappa shape index (κ3) is 2.53. The van der Waals surface area contributed by atoms with E-state index < -0.39 is 0 Å². The third-order valence-corrected chi connectivity index (χ3v) is 8.65. The van der Waals surface area contributed by atoms with Crippen LogP contribution < -0.4 is 0 Å². The Morgan fingerprint density at radius 2 is 2.12 bits per heavy atom. The summed E-state index contributed by atoms with van der Waals surface area (Å²) < 4.78 is 6.11. The van der Waals surface area contributed by atoms with Crippen LogP contribution in [0.3, 0.4) is 0 Å². The number of carbonyl (C=O) groups is 1. The molecule has 0 radical (unpaired) electrons. The normalized spacial score (nSPS) is 47.7. The van der Waals surface area contributed by atoms with E-state index in [-0.39, 0.29) is 5.41 Å². The van der Waals surface area contributed by atoms with Gasteiger partial charge < -0.3 is 9.64 Å². The smallest absolute Gasteiger partial charge is 0.157 e. The number of hydrogen-bond donors (Lipinski definition) is 0. The summed E-state index contributed by atoms with van der Waals surface area (Å²) in [6, 6.07) is 0.494. The minimum Gasteiger partial charge on any atom is -0.374 e. The molecule has 3 aliphatic carbocycles. The average molecular weight is 358 g/mol. The van der Waals surface area contributed by atoms with Crippen molar-refractivity contribution in [3.05, 3.63) is 24.4 Å². The fourth-order valence-corrected chi connectivity index (χ4v) is 7.19. The molecule has 1 aliphatic heterocycles. The number of piperidine rings is 1. The van der Waals surface area contributed by atoms with E-state index in [2.05, 4.69) is 39.3 Å². The molecular weight excluding hydrogens is 322 g/mol. The highest BCUT2D eigenvalue weighted by Crippen LogP contribution is 2.65. The highest BCUT2D eigenvalue weighted by atomic mass is 16.5. The minimum atomic E-state index is 0.168. The molecule has 0 aromatic carbocycles. The first-order chi connectivity index (χ1) is 12.3. The topological polar surface area (TPSA) is 29.5 Å². The van der Waals surface area contributed by atoms with Gasteiger partial charge in [-0.3, -0.25) is 4.79 Å². The van der Waals surface area contributed by atoms with E-state index in [1.165, 1.54) is 31.4 Å². The molecule has 0 spiro atoms. The molecule has 26 heavy (non-hydrogen) atoms. The Labute approximate surface area is 158 Å². The van der Waals surface area contributed by atoms with Crippen LogP contribution in [0.1, 0.15) is 59.3 Å². The van der Waals surface area contributed by atoms with E-state index in [0.717, 1.165) is 18.8 Å². The first-order valence-electron chi connectivity index (χ1n) is 10.5. The third-order valence-electron chi connectivity index (χ3n) is 8.65. The van der Waals surface area contributed by atoms with E-state index >= 15 is 0 Å². The maximum Gasteiger partial charge on any atom is 0.157 e. The summed E-state index contributed by atoms with van der Waals surface area (Å²) in [6.45, 7) is 11.8. The molecule has 3 heteroatoms. The fraction of sp³-hybridized carbons (Fsp3) is 0.783. The summed E-state index contributed by atoms with van der Waals surface area (Å²) in [5, 5.41) is 0. The van der Waals surface area contributed by atoms with Crippen LogP contribution in [-0.2, 0) is 9.53 Å². The van der Waals surface area contributed by atoms with Crippen molar-refractivity contribution in [1.82, 2.24) is 4.90 Å². The van der Waals surface area contributed by atoms with Crippen molar-refractivity contribution in [2.24, 2.45) is 28.6 Å². The molecule has 3 fully saturated rings. The van der Waals surface area contributed by atoms with Crippen molar-refractivity contribution in [3.63, 3.8) is 0 Å². The molecule has 1 heterocycles. The van der Waals surface area contributed by atoms with Gasteiger partial charge in [-0.1, -0.05) is 19.9 Å². The molecule has 144 valence electrons. The Balaban J connectivity index is 1.67. The molecule has 3 nitrogen and oxygen atoms in total. The van der Waals surface area contributed by atoms with Gasteiger partial charge in [0.05, 0.1) is 12.7 Å². The van der Waals surface area contributed by atoms with Gasteiger partial charge >= 0.3 is 0 Å². The highest BCUT2D eigenvalue weighted by Gasteiger charge is 2.61. The van der Waals surface area contributed by atoms with Gasteiger partial charge in [0.15, 0.2) is 5.78 Å². The number of ether oxygens (including phenoxy) is 1. The summed E-state index contributed by atoms with van der Waals surface area (Å²) in [5.74, 6) is 2.44. The van der Waals surface area contributed by atoms with Gasteiger partial charge in [-0.25, -0.2) is 0 Å². The van der Waals surface area contributed by atoms with Crippen LogP contribution in [0.2, 0.25) is 0 Å². The van der Waals surface area contributed by atoms with Crippen LogP contribution in [0, 0.1) is 28.6 Å². The lowest BCUT2D eigenvalue weighted by Gasteiger charge is -2.62. The van der Waals surface area contributed by atoms with E-state index in [0.29, 0.717) is 41.8 Å².